The van der Waals surface area contributed by atoms with Gasteiger partial charge in [-0.25, -0.2) is 9.99 Å². The van der Waals surface area contributed by atoms with Crippen LogP contribution in [0.25, 0.3) is 0 Å². The third-order valence-electron chi connectivity index (χ3n) is 2.44. The lowest BCUT2D eigenvalue weighted by atomic mass is 10.4. The Morgan fingerprint density at radius 1 is 1.44 bits per heavy atom. The predicted molar refractivity (Wildman–Crippen MR) is 64.5 cm³/mol. The third-order valence-corrected chi connectivity index (χ3v) is 3.69. The summed E-state index contributed by atoms with van der Waals surface area (Å²) in [6, 6.07) is 2.02. The Balaban J connectivity index is 1.96. The maximum absolute atomic E-state index is 8.76. The van der Waals surface area contributed by atoms with E-state index in [-0.39, 0.29) is 5.15 Å². The Morgan fingerprint density at radius 2 is 2.12 bits per heavy atom. The maximum Gasteiger partial charge on any atom is 0.200 e. The van der Waals surface area contributed by atoms with Crippen molar-refractivity contribution in [3.63, 3.8) is 0 Å². The van der Waals surface area contributed by atoms with Crippen LogP contribution < -0.4 is 5.43 Å². The second kappa shape index (κ2) is 4.97. The number of hydrogen-bond donors (Lipinski definition) is 1. The summed E-state index contributed by atoms with van der Waals surface area (Å²) in [5.74, 6) is 0. The molecule has 0 aliphatic carbocycles. The molecule has 0 radical (unpaired) electrons. The molecule has 1 saturated heterocycles. The first kappa shape index (κ1) is 11.6. The van der Waals surface area contributed by atoms with Crippen LogP contribution in [0.1, 0.15) is 4.88 Å². The number of halogens is 1. The van der Waals surface area contributed by atoms with Gasteiger partial charge >= 0.3 is 0 Å². The van der Waals surface area contributed by atoms with Gasteiger partial charge in [0.15, 0.2) is 10.3 Å². The fraction of sp³-hybridized carbons (Fsp3) is 0.556. The van der Waals surface area contributed by atoms with E-state index in [0.29, 0.717) is 10.0 Å². The molecule has 0 amide bonds. The van der Waals surface area contributed by atoms with E-state index in [9.17, 15) is 0 Å². The number of nitrogens with one attached hydrogen (secondary N) is 1. The van der Waals surface area contributed by atoms with Gasteiger partial charge in [-0.05, 0) is 7.05 Å². The third kappa shape index (κ3) is 2.62. The van der Waals surface area contributed by atoms with Crippen molar-refractivity contribution in [1.82, 2.24) is 14.9 Å². The Labute approximate surface area is 103 Å². The number of piperazine rings is 1. The average Bonchev–Trinajstić information content (AvgIpc) is 2.62. The van der Waals surface area contributed by atoms with Crippen LogP contribution in [-0.4, -0.2) is 48.1 Å². The monoisotopic (exact) mass is 257 g/mol. The number of nitrogens with zero attached hydrogens (tertiary/aromatic N) is 4. The number of thiazole rings is 1. The maximum atomic E-state index is 8.76. The minimum atomic E-state index is 0.282. The molecule has 5 nitrogen and oxygen atoms in total. The minimum absolute atomic E-state index is 0.282. The van der Waals surface area contributed by atoms with Crippen molar-refractivity contribution in [3.8, 4) is 6.07 Å². The van der Waals surface area contributed by atoms with Crippen molar-refractivity contribution in [2.45, 2.75) is 0 Å². The van der Waals surface area contributed by atoms with Crippen LogP contribution in [0, 0.1) is 11.3 Å². The number of aromatic nitrogens is 1. The molecule has 0 aromatic carbocycles. The van der Waals surface area contributed by atoms with Gasteiger partial charge in [0.2, 0.25) is 0 Å². The minimum Gasteiger partial charge on any atom is -0.304 e. The van der Waals surface area contributed by atoms with Crippen molar-refractivity contribution in [2.24, 2.45) is 0 Å². The zero-order chi connectivity index (χ0) is 11.5. The predicted octanol–water partition coefficient (Wildman–Crippen LogP) is 1.24. The van der Waals surface area contributed by atoms with Gasteiger partial charge in [-0.3, -0.25) is 5.43 Å². The standard InChI is InChI=1S/C9H12ClN5S/c1-14-2-4-15(5-3-14)13-9-12-8(10)7(6-11)16-9/h2-5H2,1H3,(H,12,13). The zero-order valence-electron chi connectivity index (χ0n) is 8.90. The van der Waals surface area contributed by atoms with Crippen molar-refractivity contribution in [2.75, 3.05) is 38.7 Å². The van der Waals surface area contributed by atoms with Gasteiger partial charge in [0.25, 0.3) is 0 Å². The first-order chi connectivity index (χ1) is 7.69. The van der Waals surface area contributed by atoms with Crippen LogP contribution in [-0.2, 0) is 0 Å². The van der Waals surface area contributed by atoms with Crippen LogP contribution in [0.5, 0.6) is 0 Å². The first-order valence-electron chi connectivity index (χ1n) is 4.95. The summed E-state index contributed by atoms with van der Waals surface area (Å²) < 4.78 is 0. The Kier molecular flexibility index (Phi) is 3.61. The normalized spacial score (nSPS) is 18.3. The highest BCUT2D eigenvalue weighted by Crippen LogP contribution is 2.26. The van der Waals surface area contributed by atoms with E-state index in [2.05, 4.69) is 27.4 Å². The topological polar surface area (TPSA) is 55.2 Å². The number of nitriles is 1. The Hall–Kier alpha value is -0.870. The molecule has 2 rings (SSSR count). The number of hydrazine groups is 1. The van der Waals surface area contributed by atoms with Crippen molar-refractivity contribution in [3.05, 3.63) is 10.0 Å². The molecule has 1 aromatic heterocycles. The number of hydrogen-bond acceptors (Lipinski definition) is 6. The van der Waals surface area contributed by atoms with Gasteiger partial charge in [0.05, 0.1) is 0 Å². The van der Waals surface area contributed by atoms with Crippen LogP contribution in [0.15, 0.2) is 0 Å². The molecule has 86 valence electrons. The summed E-state index contributed by atoms with van der Waals surface area (Å²) in [5.41, 5.74) is 3.18. The van der Waals surface area contributed by atoms with E-state index >= 15 is 0 Å². The van der Waals surface area contributed by atoms with E-state index in [0.717, 1.165) is 26.2 Å². The van der Waals surface area contributed by atoms with E-state index in [1.165, 1.54) is 11.3 Å². The second-order valence-electron chi connectivity index (χ2n) is 3.65. The molecule has 7 heteroatoms. The molecule has 1 aromatic rings. The second-order valence-corrected chi connectivity index (χ2v) is 5.01. The summed E-state index contributed by atoms with van der Waals surface area (Å²) in [7, 11) is 2.10. The summed E-state index contributed by atoms with van der Waals surface area (Å²) in [4.78, 5) is 6.82. The lowest BCUT2D eigenvalue weighted by Crippen LogP contribution is -2.46. The van der Waals surface area contributed by atoms with Crippen LogP contribution >= 0.6 is 22.9 Å². The van der Waals surface area contributed by atoms with E-state index in [1.807, 2.05) is 6.07 Å². The lowest BCUT2D eigenvalue weighted by molar-refractivity contribution is 0.179. The number of anilines is 1. The summed E-state index contributed by atoms with van der Waals surface area (Å²) >= 11 is 7.08. The SMILES string of the molecule is CN1CCN(Nc2nc(Cl)c(C#N)s2)CC1. The molecule has 0 spiro atoms. The largest absolute Gasteiger partial charge is 0.304 e. The smallest absolute Gasteiger partial charge is 0.200 e. The summed E-state index contributed by atoms with van der Waals surface area (Å²) in [6.45, 7) is 3.93. The van der Waals surface area contributed by atoms with Crippen molar-refractivity contribution in [1.29, 1.82) is 5.26 Å². The molecule has 0 bridgehead atoms. The molecule has 16 heavy (non-hydrogen) atoms. The number of rotatable bonds is 2. The van der Waals surface area contributed by atoms with E-state index < -0.39 is 0 Å². The molecule has 1 N–H and O–H groups in total. The van der Waals surface area contributed by atoms with Gasteiger partial charge in [0.1, 0.15) is 10.9 Å². The van der Waals surface area contributed by atoms with Crippen LogP contribution in [0.3, 0.4) is 0 Å². The molecule has 1 fully saturated rings. The highest BCUT2D eigenvalue weighted by Gasteiger charge is 2.16. The Bertz CT molecular complexity index is 405. The molecule has 2 heterocycles. The highest BCUT2D eigenvalue weighted by molar-refractivity contribution is 7.16. The zero-order valence-corrected chi connectivity index (χ0v) is 10.5. The van der Waals surface area contributed by atoms with Crippen LogP contribution in [0.2, 0.25) is 5.15 Å². The van der Waals surface area contributed by atoms with Crippen molar-refractivity contribution < 1.29 is 0 Å². The highest BCUT2D eigenvalue weighted by atomic mass is 35.5. The van der Waals surface area contributed by atoms with Crippen molar-refractivity contribution >= 4 is 28.1 Å². The van der Waals surface area contributed by atoms with Gasteiger partial charge in [-0.15, -0.1) is 0 Å². The molecule has 1 aliphatic heterocycles. The van der Waals surface area contributed by atoms with Gasteiger partial charge in [0, 0.05) is 26.2 Å². The lowest BCUT2D eigenvalue weighted by Gasteiger charge is -2.32. The quantitative estimate of drug-likeness (QED) is 0.864. The molecular weight excluding hydrogens is 246 g/mol. The van der Waals surface area contributed by atoms with Gasteiger partial charge in [-0.2, -0.15) is 5.26 Å². The fourth-order valence-electron chi connectivity index (χ4n) is 1.47. The molecule has 0 unspecified atom stereocenters. The molecule has 0 saturated carbocycles. The summed E-state index contributed by atoms with van der Waals surface area (Å²) in [5, 5.41) is 11.8. The fourth-order valence-corrected chi connectivity index (χ4v) is 2.44. The van der Waals surface area contributed by atoms with Gasteiger partial charge < -0.3 is 4.90 Å². The van der Waals surface area contributed by atoms with Crippen LogP contribution in [0.4, 0.5) is 5.13 Å². The summed E-state index contributed by atoms with van der Waals surface area (Å²) in [6.07, 6.45) is 0. The average molecular weight is 258 g/mol. The van der Waals surface area contributed by atoms with E-state index in [1.54, 1.807) is 0 Å². The molecule has 0 atom stereocenters. The Morgan fingerprint density at radius 3 is 2.69 bits per heavy atom. The van der Waals surface area contributed by atoms with E-state index in [4.69, 9.17) is 16.9 Å². The van der Waals surface area contributed by atoms with Gasteiger partial charge in [-0.1, -0.05) is 22.9 Å². The number of likely N-dealkylation sites (N-methyl/N-ethyl adjacent to an activating group) is 1. The molecule has 1 aliphatic rings. The first-order valence-corrected chi connectivity index (χ1v) is 6.15. The molecular formula is C9H12ClN5S.